The van der Waals surface area contributed by atoms with E-state index in [9.17, 15) is 14.2 Å². The summed E-state index contributed by atoms with van der Waals surface area (Å²) < 4.78 is 18.7. The molecule has 14 nitrogen and oxygen atoms in total. The Kier molecular flexibility index (Phi) is 12.4. The van der Waals surface area contributed by atoms with Crippen LogP contribution in [0.1, 0.15) is 36.8 Å². The fourth-order valence-electron chi connectivity index (χ4n) is 8.85. The number of amides is 2. The van der Waals surface area contributed by atoms with Crippen LogP contribution >= 0.6 is 18.7 Å². The van der Waals surface area contributed by atoms with E-state index in [1.165, 1.54) is 11.1 Å². The number of anilines is 6. The lowest BCUT2D eigenvalue weighted by atomic mass is 10.0. The number of halogens is 1. The van der Waals surface area contributed by atoms with Gasteiger partial charge in [-0.2, -0.15) is 4.98 Å². The van der Waals surface area contributed by atoms with E-state index >= 15 is 0 Å². The lowest BCUT2D eigenvalue weighted by Crippen LogP contribution is -2.53. The van der Waals surface area contributed by atoms with E-state index in [1.807, 2.05) is 30.3 Å². The first kappa shape index (κ1) is 41.0. The maximum atomic E-state index is 12.9. The van der Waals surface area contributed by atoms with Crippen molar-refractivity contribution in [3.63, 3.8) is 0 Å². The zero-order valence-corrected chi connectivity index (χ0v) is 35.7. The van der Waals surface area contributed by atoms with Gasteiger partial charge < -0.3 is 30.2 Å². The summed E-state index contributed by atoms with van der Waals surface area (Å²) in [7, 11) is -0.874. The maximum absolute atomic E-state index is 12.9. The lowest BCUT2D eigenvalue weighted by molar-refractivity contribution is -0.137. The third-order valence-electron chi connectivity index (χ3n) is 12.1. The van der Waals surface area contributed by atoms with E-state index in [-0.39, 0.29) is 17.9 Å². The summed E-state index contributed by atoms with van der Waals surface area (Å²) >= 11 is 6.49. The number of benzene rings is 3. The van der Waals surface area contributed by atoms with Gasteiger partial charge in [0.05, 0.1) is 30.7 Å². The molecule has 0 saturated carbocycles. The number of piperidine rings is 2. The van der Waals surface area contributed by atoms with Gasteiger partial charge in [-0.1, -0.05) is 35.9 Å². The number of aromatic nitrogens is 2. The van der Waals surface area contributed by atoms with Crippen LogP contribution in [0.15, 0.2) is 66.9 Å². The summed E-state index contributed by atoms with van der Waals surface area (Å²) in [6, 6.07) is 20.4. The molecule has 1 aromatic heterocycles. The molecule has 4 aliphatic rings. The van der Waals surface area contributed by atoms with Crippen LogP contribution in [0.2, 0.25) is 5.02 Å². The molecule has 4 aliphatic heterocycles. The van der Waals surface area contributed by atoms with E-state index in [2.05, 4.69) is 81.2 Å². The number of hydrogen-bond donors (Lipinski definition) is 4. The van der Waals surface area contributed by atoms with Gasteiger partial charge in [-0.05, 0) is 74.1 Å². The largest absolute Gasteiger partial charge is 0.494 e. The smallest absolute Gasteiger partial charge is 0.243 e. The molecule has 3 fully saturated rings. The number of methoxy groups -OCH3 is 1. The van der Waals surface area contributed by atoms with E-state index in [1.54, 1.807) is 26.6 Å². The van der Waals surface area contributed by atoms with Gasteiger partial charge in [0.1, 0.15) is 17.9 Å². The zero-order valence-electron chi connectivity index (χ0n) is 34.0. The summed E-state index contributed by atoms with van der Waals surface area (Å²) in [6.07, 6.45) is 4.75. The predicted molar refractivity (Wildman–Crippen MR) is 236 cm³/mol. The Balaban J connectivity index is 0.794. The van der Waals surface area contributed by atoms with Crippen molar-refractivity contribution in [2.24, 2.45) is 0 Å². The Morgan fingerprint density at radius 1 is 0.881 bits per heavy atom. The molecule has 0 aliphatic carbocycles. The molecular weight excluding hydrogens is 787 g/mol. The molecule has 0 spiro atoms. The summed E-state index contributed by atoms with van der Waals surface area (Å²) in [6.45, 7) is 13.0. The summed E-state index contributed by atoms with van der Waals surface area (Å²) in [5.41, 5.74) is 6.22. The van der Waals surface area contributed by atoms with Crippen molar-refractivity contribution in [2.75, 3.05) is 93.6 Å². The Morgan fingerprint density at radius 2 is 1.66 bits per heavy atom. The highest BCUT2D eigenvalue weighted by Crippen LogP contribution is 2.39. The van der Waals surface area contributed by atoms with Crippen LogP contribution < -0.4 is 36.2 Å². The van der Waals surface area contributed by atoms with E-state index < -0.39 is 7.14 Å². The van der Waals surface area contributed by atoms with Crippen LogP contribution in [0.25, 0.3) is 0 Å². The second-order valence-electron chi connectivity index (χ2n) is 16.2. The van der Waals surface area contributed by atoms with Crippen LogP contribution in [-0.2, 0) is 27.2 Å². The quantitative estimate of drug-likeness (QED) is 0.0967. The summed E-state index contributed by atoms with van der Waals surface area (Å²) in [5, 5.41) is 13.8. The highest BCUT2D eigenvalue weighted by Gasteiger charge is 2.35. The maximum Gasteiger partial charge on any atom is 0.243 e. The van der Waals surface area contributed by atoms with E-state index in [4.69, 9.17) is 16.3 Å². The van der Waals surface area contributed by atoms with Gasteiger partial charge in [0.25, 0.3) is 0 Å². The monoisotopic (exact) mass is 840 g/mol. The number of imide groups is 1. The third kappa shape index (κ3) is 9.53. The van der Waals surface area contributed by atoms with Gasteiger partial charge in [-0.15, -0.1) is 0 Å². The number of nitrogens with zero attached hydrogens (tertiary/aromatic N) is 6. The Bertz CT molecular complexity index is 2220. The van der Waals surface area contributed by atoms with Crippen molar-refractivity contribution in [3.05, 3.63) is 83.0 Å². The van der Waals surface area contributed by atoms with Gasteiger partial charge in [-0.25, -0.2) is 4.98 Å². The number of hydrogen-bond acceptors (Lipinski definition) is 13. The minimum Gasteiger partial charge on any atom is -0.494 e. The molecule has 59 heavy (non-hydrogen) atoms. The second kappa shape index (κ2) is 17.9. The van der Waals surface area contributed by atoms with Crippen molar-refractivity contribution >= 4 is 70.4 Å². The number of piperazine rings is 1. The Morgan fingerprint density at radius 3 is 2.42 bits per heavy atom. The lowest BCUT2D eigenvalue weighted by Gasteiger charge is -2.43. The zero-order chi connectivity index (χ0) is 41.1. The molecule has 1 unspecified atom stereocenters. The predicted octanol–water partition coefficient (Wildman–Crippen LogP) is 5.69. The van der Waals surface area contributed by atoms with Gasteiger partial charge in [-0.3, -0.25) is 29.6 Å². The minimum atomic E-state index is -2.54. The second-order valence-corrected chi connectivity index (χ2v) is 19.8. The van der Waals surface area contributed by atoms with Crippen molar-refractivity contribution in [1.29, 1.82) is 0 Å². The molecule has 4 N–H and O–H groups in total. The fourth-order valence-corrected chi connectivity index (χ4v) is 10.1. The summed E-state index contributed by atoms with van der Waals surface area (Å²) in [4.78, 5) is 43.1. The van der Waals surface area contributed by atoms with Gasteiger partial charge >= 0.3 is 0 Å². The van der Waals surface area contributed by atoms with Gasteiger partial charge in [0.2, 0.25) is 17.8 Å². The number of carbonyl (C=O) groups excluding carboxylic acids is 2. The van der Waals surface area contributed by atoms with E-state index in [0.717, 1.165) is 101 Å². The van der Waals surface area contributed by atoms with Crippen LogP contribution in [-0.4, -0.2) is 121 Å². The van der Waals surface area contributed by atoms with Crippen LogP contribution in [0.4, 0.5) is 34.5 Å². The third-order valence-corrected chi connectivity index (χ3v) is 13.9. The molecule has 8 rings (SSSR count). The molecule has 16 heteroatoms. The first-order valence-electron chi connectivity index (χ1n) is 20.6. The van der Waals surface area contributed by atoms with Crippen LogP contribution in [0.3, 0.4) is 0 Å². The average Bonchev–Trinajstić information content (AvgIpc) is 3.67. The number of para-hydroxylation sites is 1. The SMILES string of the molecule is COc1cc(N2CCC(N3CCN(CCNc4cccc5c4CN(C4CCC(=O)NC4=O)C5)CC3)CC2)ccc1Nc1ncc(Cl)c(Nc2ccccc2P(C)(C)=O)n1. The number of fused-ring (bicyclic) bond motifs is 1. The highest BCUT2D eigenvalue weighted by molar-refractivity contribution is 7.70. The summed E-state index contributed by atoms with van der Waals surface area (Å²) in [5.74, 6) is 1.12. The van der Waals surface area contributed by atoms with Gasteiger partial charge in [0, 0.05) is 101 Å². The molecule has 3 aromatic carbocycles. The topological polar surface area (TPSA) is 147 Å². The Hall–Kier alpha value is -4.72. The normalized spacial score (nSPS) is 19.7. The number of nitrogens with one attached hydrogen (secondary N) is 4. The molecule has 2 amide bonds. The number of rotatable bonds is 13. The first-order chi connectivity index (χ1) is 28.5. The average molecular weight is 841 g/mol. The van der Waals surface area contributed by atoms with Gasteiger partial charge in [0.15, 0.2) is 5.82 Å². The molecule has 1 atom stereocenters. The Labute approximate surface area is 351 Å². The number of ether oxygens (including phenoxy) is 1. The van der Waals surface area contributed by atoms with Crippen molar-refractivity contribution in [1.82, 2.24) is 30.0 Å². The molecule has 4 aromatic rings. The van der Waals surface area contributed by atoms with Crippen molar-refractivity contribution in [2.45, 2.75) is 50.9 Å². The molecular formula is C43H54ClN10O4P. The van der Waals surface area contributed by atoms with Crippen LogP contribution in [0.5, 0.6) is 5.75 Å². The molecule has 312 valence electrons. The van der Waals surface area contributed by atoms with Crippen LogP contribution in [0, 0.1) is 0 Å². The fraction of sp³-hybridized carbons (Fsp3) is 0.442. The standard InChI is InChI=1S/C43H54ClN10O4P/c1-58-38-25-31(11-12-35(38)48-43-46-26-33(44)41(50-43)47-36-8-4-5-10-39(36)59(2,3)57)52-18-15-30(16-19-52)53-23-21-51(22-24-53)20-17-45-34-9-6-7-29-27-54(28-32(29)34)37-13-14-40(55)49-42(37)56/h4-12,25-26,30,37,45H,13-24,27-28H2,1-3H3,(H,49,55,56)(H2,46,47,48,50). The molecule has 0 radical (unpaired) electrons. The molecule has 0 bridgehead atoms. The number of carbonyl (C=O) groups is 2. The highest BCUT2D eigenvalue weighted by atomic mass is 35.5. The van der Waals surface area contributed by atoms with Crippen molar-refractivity contribution < 1.29 is 18.9 Å². The molecule has 5 heterocycles. The minimum absolute atomic E-state index is 0.171. The molecule has 3 saturated heterocycles. The van der Waals surface area contributed by atoms with E-state index in [0.29, 0.717) is 47.1 Å². The first-order valence-corrected chi connectivity index (χ1v) is 23.5. The van der Waals surface area contributed by atoms with Crippen molar-refractivity contribution in [3.8, 4) is 5.75 Å².